The van der Waals surface area contributed by atoms with Gasteiger partial charge in [-0.15, -0.1) is 0 Å². The summed E-state index contributed by atoms with van der Waals surface area (Å²) in [4.78, 5) is 2.11. The molecule has 0 spiro atoms. The molecule has 0 atom stereocenters. The van der Waals surface area contributed by atoms with Crippen molar-refractivity contribution >= 4 is 12.9 Å². The summed E-state index contributed by atoms with van der Waals surface area (Å²) < 4.78 is 18.5. The summed E-state index contributed by atoms with van der Waals surface area (Å²) in [5.74, 6) is 0.477. The molecule has 0 bridgehead atoms. The largest absolute Gasteiger partial charge is 0.558 e. The monoisotopic (exact) mass is 256 g/mol. The van der Waals surface area contributed by atoms with Crippen LogP contribution in [0.5, 0.6) is 5.75 Å². The third kappa shape index (κ3) is 4.41. The van der Waals surface area contributed by atoms with Crippen LogP contribution in [0.2, 0.25) is 0 Å². The Hall–Kier alpha value is -1.81. The first-order chi connectivity index (χ1) is 9.13. The maximum Gasteiger partial charge on any atom is 0.408 e. The fraction of sp³-hybridized carbons (Fsp3) is 0.200. The van der Waals surface area contributed by atoms with Crippen molar-refractivity contribution in [3.63, 3.8) is 0 Å². The van der Waals surface area contributed by atoms with Gasteiger partial charge in [-0.3, -0.25) is 0 Å². The molecule has 97 valence electrons. The number of benzene rings is 2. The Morgan fingerprint density at radius 3 is 2.47 bits per heavy atom. The number of rotatable bonds is 5. The van der Waals surface area contributed by atoms with E-state index in [1.165, 1.54) is 17.7 Å². The summed E-state index contributed by atoms with van der Waals surface area (Å²) in [6.45, 7) is 0.897. The van der Waals surface area contributed by atoms with E-state index in [9.17, 15) is 4.39 Å². The first kappa shape index (κ1) is 13.6. The van der Waals surface area contributed by atoms with Crippen molar-refractivity contribution in [1.29, 1.82) is 0 Å². The van der Waals surface area contributed by atoms with Crippen LogP contribution in [0.4, 0.5) is 4.39 Å². The highest BCUT2D eigenvalue weighted by molar-refractivity contribution is 6.47. The summed E-state index contributed by atoms with van der Waals surface area (Å²) in [7, 11) is 5.61. The minimum atomic E-state index is -0.265. The molecule has 0 aliphatic carbocycles. The SMILES string of the molecule is CN(C)Cc1ccc(O[B]c2cccc(F)c2)cc1. The maximum atomic E-state index is 13.0. The Bertz CT molecular complexity index is 528. The molecule has 2 rings (SSSR count). The number of hydrogen-bond donors (Lipinski definition) is 0. The van der Waals surface area contributed by atoms with Crippen LogP contribution >= 0.6 is 0 Å². The highest BCUT2D eigenvalue weighted by Crippen LogP contribution is 2.12. The third-order valence-electron chi connectivity index (χ3n) is 2.60. The van der Waals surface area contributed by atoms with Crippen LogP contribution in [0.25, 0.3) is 0 Å². The van der Waals surface area contributed by atoms with Crippen LogP contribution < -0.4 is 10.1 Å². The van der Waals surface area contributed by atoms with Gasteiger partial charge < -0.3 is 9.55 Å². The molecule has 2 aromatic rings. The van der Waals surface area contributed by atoms with Gasteiger partial charge in [-0.1, -0.05) is 24.3 Å². The van der Waals surface area contributed by atoms with E-state index >= 15 is 0 Å². The molecule has 2 aromatic carbocycles. The van der Waals surface area contributed by atoms with Gasteiger partial charge in [-0.2, -0.15) is 0 Å². The van der Waals surface area contributed by atoms with Crippen molar-refractivity contribution in [2.24, 2.45) is 0 Å². The molecule has 0 aliphatic rings. The summed E-state index contributed by atoms with van der Waals surface area (Å²) in [5, 5.41) is 0. The van der Waals surface area contributed by atoms with Gasteiger partial charge >= 0.3 is 7.48 Å². The van der Waals surface area contributed by atoms with Gasteiger partial charge in [0.15, 0.2) is 0 Å². The average Bonchev–Trinajstić information content (AvgIpc) is 2.37. The van der Waals surface area contributed by atoms with E-state index in [-0.39, 0.29) is 5.82 Å². The minimum Gasteiger partial charge on any atom is -0.558 e. The van der Waals surface area contributed by atoms with Crippen molar-refractivity contribution < 1.29 is 9.04 Å². The fourth-order valence-electron chi connectivity index (χ4n) is 1.75. The maximum absolute atomic E-state index is 13.0. The van der Waals surface area contributed by atoms with Gasteiger partial charge in [0.2, 0.25) is 0 Å². The smallest absolute Gasteiger partial charge is 0.408 e. The second-order valence-corrected chi connectivity index (χ2v) is 4.67. The predicted molar refractivity (Wildman–Crippen MR) is 76.2 cm³/mol. The lowest BCUT2D eigenvalue weighted by Crippen LogP contribution is -2.20. The molecule has 0 heterocycles. The van der Waals surface area contributed by atoms with Gasteiger partial charge in [0, 0.05) is 6.54 Å². The molecular formula is C15H16BFNO. The van der Waals surface area contributed by atoms with Gasteiger partial charge in [0.1, 0.15) is 5.82 Å². The Balaban J connectivity index is 1.93. The summed E-state index contributed by atoms with van der Waals surface area (Å²) in [5.41, 5.74) is 1.93. The fourth-order valence-corrected chi connectivity index (χ4v) is 1.75. The van der Waals surface area contributed by atoms with Crippen LogP contribution in [0.1, 0.15) is 5.56 Å². The normalized spacial score (nSPS) is 10.5. The zero-order chi connectivity index (χ0) is 13.7. The highest BCUT2D eigenvalue weighted by atomic mass is 19.1. The quantitative estimate of drug-likeness (QED) is 0.760. The molecule has 0 N–H and O–H groups in total. The molecule has 0 amide bonds. The van der Waals surface area contributed by atoms with Crippen LogP contribution in [0.3, 0.4) is 0 Å². The van der Waals surface area contributed by atoms with Crippen LogP contribution in [0, 0.1) is 5.82 Å². The van der Waals surface area contributed by atoms with Crippen LogP contribution in [0.15, 0.2) is 48.5 Å². The Morgan fingerprint density at radius 2 is 1.84 bits per heavy atom. The van der Waals surface area contributed by atoms with E-state index in [1.807, 2.05) is 38.4 Å². The van der Waals surface area contributed by atoms with Gasteiger partial charge in [0.25, 0.3) is 0 Å². The van der Waals surface area contributed by atoms with Crippen molar-refractivity contribution in [2.45, 2.75) is 6.54 Å². The van der Waals surface area contributed by atoms with Crippen LogP contribution in [-0.4, -0.2) is 26.5 Å². The van der Waals surface area contributed by atoms with Gasteiger partial charge in [-0.25, -0.2) is 4.39 Å². The Kier molecular flexibility index (Phi) is 4.58. The molecule has 0 unspecified atom stereocenters. The lowest BCUT2D eigenvalue weighted by Gasteiger charge is -2.10. The molecule has 2 nitrogen and oxygen atoms in total. The lowest BCUT2D eigenvalue weighted by atomic mass is 9.88. The standard InChI is InChI=1S/C15H16BFNO/c1-18(2)11-12-6-8-15(9-7-12)19-16-13-4-3-5-14(17)10-13/h3-10H,11H2,1-2H3. The third-order valence-corrected chi connectivity index (χ3v) is 2.60. The molecule has 0 aliphatic heterocycles. The Morgan fingerprint density at radius 1 is 1.11 bits per heavy atom. The van der Waals surface area contributed by atoms with E-state index in [1.54, 1.807) is 19.6 Å². The molecule has 0 aromatic heterocycles. The first-order valence-electron chi connectivity index (χ1n) is 6.12. The van der Waals surface area contributed by atoms with Crippen molar-refractivity contribution in [3.05, 3.63) is 59.9 Å². The lowest BCUT2D eigenvalue weighted by molar-refractivity contribution is 0.402. The van der Waals surface area contributed by atoms with E-state index in [4.69, 9.17) is 4.65 Å². The summed E-state index contributed by atoms with van der Waals surface area (Å²) in [6.07, 6.45) is 0. The predicted octanol–water partition coefficient (Wildman–Crippen LogP) is 2.21. The summed E-state index contributed by atoms with van der Waals surface area (Å²) >= 11 is 0. The van der Waals surface area contributed by atoms with Crippen LogP contribution in [-0.2, 0) is 6.54 Å². The molecular weight excluding hydrogens is 240 g/mol. The molecule has 0 saturated heterocycles. The molecule has 4 heteroatoms. The number of nitrogens with zero attached hydrogens (tertiary/aromatic N) is 1. The Labute approximate surface area is 114 Å². The molecule has 0 fully saturated rings. The zero-order valence-corrected chi connectivity index (χ0v) is 11.1. The van der Waals surface area contributed by atoms with Crippen molar-refractivity contribution in [1.82, 2.24) is 4.90 Å². The second kappa shape index (κ2) is 6.39. The van der Waals surface area contributed by atoms with Gasteiger partial charge in [0.05, 0.1) is 5.75 Å². The van der Waals surface area contributed by atoms with Gasteiger partial charge in [-0.05, 0) is 49.4 Å². The van der Waals surface area contributed by atoms with E-state index < -0.39 is 0 Å². The topological polar surface area (TPSA) is 12.5 Å². The molecule has 0 saturated carbocycles. The number of halogens is 1. The highest BCUT2D eigenvalue weighted by Gasteiger charge is 2.02. The molecule has 19 heavy (non-hydrogen) atoms. The van der Waals surface area contributed by atoms with E-state index in [0.717, 1.165) is 12.3 Å². The van der Waals surface area contributed by atoms with E-state index in [0.29, 0.717) is 5.46 Å². The van der Waals surface area contributed by atoms with Crippen molar-refractivity contribution in [3.8, 4) is 5.75 Å². The zero-order valence-electron chi connectivity index (χ0n) is 11.1. The number of hydrogen-bond acceptors (Lipinski definition) is 2. The summed E-state index contributed by atoms with van der Waals surface area (Å²) in [6, 6.07) is 14.2. The average molecular weight is 256 g/mol. The van der Waals surface area contributed by atoms with E-state index in [2.05, 4.69) is 4.90 Å². The first-order valence-corrected chi connectivity index (χ1v) is 6.12. The molecule has 1 radical (unpaired) electrons. The second-order valence-electron chi connectivity index (χ2n) is 4.67. The van der Waals surface area contributed by atoms with Crippen molar-refractivity contribution in [2.75, 3.05) is 14.1 Å². The minimum absolute atomic E-state index is 0.265.